The maximum Gasteiger partial charge on any atom is 0.236 e. The van der Waals surface area contributed by atoms with E-state index < -0.39 is 5.41 Å². The average Bonchev–Trinajstić information content (AvgIpc) is 3.45. The van der Waals surface area contributed by atoms with Crippen LogP contribution in [-0.2, 0) is 10.2 Å². The van der Waals surface area contributed by atoms with E-state index in [9.17, 15) is 4.79 Å². The van der Waals surface area contributed by atoms with Gasteiger partial charge in [0, 0.05) is 5.56 Å². The summed E-state index contributed by atoms with van der Waals surface area (Å²) in [6, 6.07) is 19.1. The van der Waals surface area contributed by atoms with Gasteiger partial charge >= 0.3 is 0 Å². The molecule has 1 aliphatic carbocycles. The first-order chi connectivity index (χ1) is 14.7. The Hall–Kier alpha value is -3.54. The van der Waals surface area contributed by atoms with Crippen LogP contribution >= 0.6 is 0 Å². The van der Waals surface area contributed by atoms with Crippen LogP contribution in [0.15, 0.2) is 60.7 Å². The van der Waals surface area contributed by atoms with E-state index >= 15 is 0 Å². The lowest BCUT2D eigenvalue weighted by molar-refractivity contribution is -0.118. The lowest BCUT2D eigenvalue weighted by Gasteiger charge is -2.16. The summed E-state index contributed by atoms with van der Waals surface area (Å²) in [7, 11) is 0. The highest BCUT2D eigenvalue weighted by atomic mass is 16.7. The van der Waals surface area contributed by atoms with Gasteiger partial charge < -0.3 is 19.5 Å². The van der Waals surface area contributed by atoms with Crippen LogP contribution in [0, 0.1) is 0 Å². The number of rotatable bonds is 6. The van der Waals surface area contributed by atoms with E-state index in [2.05, 4.69) is 10.3 Å². The van der Waals surface area contributed by atoms with Crippen molar-refractivity contribution in [2.75, 3.05) is 18.7 Å². The number of hydrogen-bond acceptors (Lipinski definition) is 5. The fourth-order valence-electron chi connectivity index (χ4n) is 3.78. The van der Waals surface area contributed by atoms with Gasteiger partial charge in [-0.2, -0.15) is 0 Å². The number of ether oxygens (including phenoxy) is 3. The Morgan fingerprint density at radius 1 is 1.07 bits per heavy atom. The third-order valence-electron chi connectivity index (χ3n) is 5.54. The molecule has 1 aromatic heterocycles. The average molecular weight is 402 g/mol. The topological polar surface area (TPSA) is 69.7 Å². The summed E-state index contributed by atoms with van der Waals surface area (Å²) >= 11 is 0. The zero-order valence-electron chi connectivity index (χ0n) is 16.7. The number of anilines is 1. The number of fused-ring (bicyclic) bond motifs is 1. The number of hydrogen-bond donors (Lipinski definition) is 1. The molecule has 1 N–H and O–H groups in total. The quantitative estimate of drug-likeness (QED) is 0.655. The van der Waals surface area contributed by atoms with Crippen LogP contribution in [0.2, 0.25) is 0 Å². The van der Waals surface area contributed by atoms with E-state index in [1.54, 1.807) is 0 Å². The van der Waals surface area contributed by atoms with Crippen LogP contribution in [0.1, 0.15) is 25.3 Å². The highest BCUT2D eigenvalue weighted by Gasteiger charge is 2.51. The third-order valence-corrected chi connectivity index (χ3v) is 5.54. The van der Waals surface area contributed by atoms with Gasteiger partial charge in [-0.15, -0.1) is 0 Å². The second kappa shape index (κ2) is 7.37. The molecule has 152 valence electrons. The number of pyridine rings is 1. The summed E-state index contributed by atoms with van der Waals surface area (Å²) in [5.74, 6) is 2.70. The van der Waals surface area contributed by atoms with Crippen molar-refractivity contribution in [3.05, 3.63) is 66.2 Å². The molecule has 1 fully saturated rings. The molecule has 1 amide bonds. The minimum atomic E-state index is -0.534. The number of aromatic nitrogens is 1. The Morgan fingerprint density at radius 2 is 1.90 bits per heavy atom. The van der Waals surface area contributed by atoms with Crippen LogP contribution < -0.4 is 19.5 Å². The third kappa shape index (κ3) is 3.34. The minimum absolute atomic E-state index is 0.0471. The Bertz CT molecular complexity index is 1110. The maximum atomic E-state index is 13.1. The molecule has 6 heteroatoms. The van der Waals surface area contributed by atoms with Gasteiger partial charge in [-0.3, -0.25) is 4.79 Å². The van der Waals surface area contributed by atoms with Gasteiger partial charge in [-0.05, 0) is 61.7 Å². The lowest BCUT2D eigenvalue weighted by Crippen LogP contribution is -2.28. The Morgan fingerprint density at radius 3 is 2.73 bits per heavy atom. The lowest BCUT2D eigenvalue weighted by atomic mass is 9.94. The van der Waals surface area contributed by atoms with Gasteiger partial charge in [0.1, 0.15) is 11.6 Å². The zero-order chi connectivity index (χ0) is 20.6. The highest BCUT2D eigenvalue weighted by Crippen LogP contribution is 2.51. The number of nitrogens with zero attached hydrogens (tertiary/aromatic N) is 1. The fourth-order valence-corrected chi connectivity index (χ4v) is 3.78. The molecule has 5 rings (SSSR count). The first-order valence-corrected chi connectivity index (χ1v) is 10.1. The first-order valence-electron chi connectivity index (χ1n) is 10.1. The largest absolute Gasteiger partial charge is 0.494 e. The van der Waals surface area contributed by atoms with Crippen molar-refractivity contribution in [1.29, 1.82) is 0 Å². The van der Waals surface area contributed by atoms with Gasteiger partial charge in [-0.25, -0.2) is 4.98 Å². The van der Waals surface area contributed by atoms with Crippen LogP contribution in [0.5, 0.6) is 17.2 Å². The van der Waals surface area contributed by atoms with Gasteiger partial charge in [-0.1, -0.05) is 24.3 Å². The van der Waals surface area contributed by atoms with E-state index in [-0.39, 0.29) is 12.7 Å². The molecule has 0 spiro atoms. The summed E-state index contributed by atoms with van der Waals surface area (Å²) < 4.78 is 16.4. The summed E-state index contributed by atoms with van der Waals surface area (Å²) in [6.45, 7) is 2.78. The standard InChI is InChI=1S/C24H22N2O4/c1-2-28-18-6-3-5-16(13-18)19-7-4-8-22(25-19)26-23(27)24(11-12-24)17-9-10-20-21(14-17)30-15-29-20/h3-10,13-14H,2,11-12,15H2,1H3,(H,25,26,27). The van der Waals surface area contributed by atoms with Crippen LogP contribution in [0.25, 0.3) is 11.3 Å². The van der Waals surface area contributed by atoms with E-state index in [4.69, 9.17) is 14.2 Å². The predicted molar refractivity (Wildman–Crippen MR) is 113 cm³/mol. The molecule has 3 aromatic rings. The molecule has 1 saturated carbocycles. The molecule has 0 atom stereocenters. The highest BCUT2D eigenvalue weighted by molar-refractivity contribution is 6.01. The monoisotopic (exact) mass is 402 g/mol. The van der Waals surface area contributed by atoms with E-state index in [1.807, 2.05) is 67.6 Å². The van der Waals surface area contributed by atoms with E-state index in [0.717, 1.165) is 41.2 Å². The molecule has 2 heterocycles. The van der Waals surface area contributed by atoms with E-state index in [0.29, 0.717) is 18.2 Å². The molecule has 6 nitrogen and oxygen atoms in total. The van der Waals surface area contributed by atoms with Crippen molar-refractivity contribution < 1.29 is 19.0 Å². The molecule has 0 saturated heterocycles. The molecule has 2 aromatic carbocycles. The predicted octanol–water partition coefficient (Wildman–Crippen LogP) is 4.55. The number of carbonyl (C=O) groups excluding carboxylic acids is 1. The van der Waals surface area contributed by atoms with Gasteiger partial charge in [0.2, 0.25) is 12.7 Å². The van der Waals surface area contributed by atoms with Gasteiger partial charge in [0.25, 0.3) is 0 Å². The summed E-state index contributed by atoms with van der Waals surface area (Å²) in [4.78, 5) is 17.8. The van der Waals surface area contributed by atoms with Crippen molar-refractivity contribution in [2.45, 2.75) is 25.2 Å². The molecular weight excluding hydrogens is 380 g/mol. The van der Waals surface area contributed by atoms with Crippen molar-refractivity contribution in [2.24, 2.45) is 0 Å². The number of amides is 1. The molecule has 0 bridgehead atoms. The minimum Gasteiger partial charge on any atom is -0.494 e. The molecule has 2 aliphatic rings. The number of carbonyl (C=O) groups is 1. The molecule has 1 aliphatic heterocycles. The molecular formula is C24H22N2O4. The Balaban J connectivity index is 1.37. The number of nitrogens with one attached hydrogen (secondary N) is 1. The summed E-state index contributed by atoms with van der Waals surface area (Å²) in [5.41, 5.74) is 2.13. The van der Waals surface area contributed by atoms with Gasteiger partial charge in [0.05, 0.1) is 17.7 Å². The van der Waals surface area contributed by atoms with Crippen molar-refractivity contribution in [3.8, 4) is 28.5 Å². The molecule has 30 heavy (non-hydrogen) atoms. The SMILES string of the molecule is CCOc1cccc(-c2cccc(NC(=O)C3(c4ccc5c(c4)OCO5)CC3)n2)c1. The Kier molecular flexibility index (Phi) is 4.54. The first kappa shape index (κ1) is 18.5. The van der Waals surface area contributed by atoms with E-state index in [1.165, 1.54) is 0 Å². The van der Waals surface area contributed by atoms with Crippen LogP contribution in [0.3, 0.4) is 0 Å². The number of benzene rings is 2. The molecule has 0 unspecified atom stereocenters. The molecule has 0 radical (unpaired) electrons. The van der Waals surface area contributed by atoms with Crippen molar-refractivity contribution in [3.63, 3.8) is 0 Å². The smallest absolute Gasteiger partial charge is 0.236 e. The fraction of sp³-hybridized carbons (Fsp3) is 0.250. The normalized spacial score (nSPS) is 15.5. The second-order valence-corrected chi connectivity index (χ2v) is 7.47. The second-order valence-electron chi connectivity index (χ2n) is 7.47. The Labute approximate surface area is 174 Å². The van der Waals surface area contributed by atoms with Crippen LogP contribution in [-0.4, -0.2) is 24.3 Å². The van der Waals surface area contributed by atoms with Crippen molar-refractivity contribution in [1.82, 2.24) is 4.98 Å². The van der Waals surface area contributed by atoms with Crippen molar-refractivity contribution >= 4 is 11.7 Å². The summed E-state index contributed by atoms with van der Waals surface area (Å²) in [6.07, 6.45) is 1.60. The van der Waals surface area contributed by atoms with Crippen LogP contribution in [0.4, 0.5) is 5.82 Å². The maximum absolute atomic E-state index is 13.1. The summed E-state index contributed by atoms with van der Waals surface area (Å²) in [5, 5.41) is 3.01. The zero-order valence-corrected chi connectivity index (χ0v) is 16.7. The van der Waals surface area contributed by atoms with Gasteiger partial charge in [0.15, 0.2) is 11.5 Å².